The third-order valence-electron chi connectivity index (χ3n) is 4.73. The van der Waals surface area contributed by atoms with Crippen LogP contribution in [0.4, 0.5) is 17.1 Å². The maximum absolute atomic E-state index is 12.7. The van der Waals surface area contributed by atoms with Crippen LogP contribution in [0.15, 0.2) is 78.9 Å². The number of benzene rings is 3. The van der Waals surface area contributed by atoms with Crippen molar-refractivity contribution in [3.63, 3.8) is 0 Å². The van der Waals surface area contributed by atoms with Crippen molar-refractivity contribution in [1.82, 2.24) is 0 Å². The SMILES string of the molecule is CC(C)COc1cccc(NC(=O)CNc2ccc(C(=O)N(C)c3ccccc3)cc2)c1. The zero-order valence-electron chi connectivity index (χ0n) is 18.7. The summed E-state index contributed by atoms with van der Waals surface area (Å²) in [5.74, 6) is 0.887. The zero-order chi connectivity index (χ0) is 22.9. The highest BCUT2D eigenvalue weighted by Crippen LogP contribution is 2.19. The summed E-state index contributed by atoms with van der Waals surface area (Å²) in [6, 6.07) is 23.9. The summed E-state index contributed by atoms with van der Waals surface area (Å²) in [4.78, 5) is 26.6. The first-order valence-corrected chi connectivity index (χ1v) is 10.6. The van der Waals surface area contributed by atoms with Gasteiger partial charge in [-0.3, -0.25) is 9.59 Å². The van der Waals surface area contributed by atoms with Crippen LogP contribution in [0.1, 0.15) is 24.2 Å². The molecular weight excluding hydrogens is 402 g/mol. The highest BCUT2D eigenvalue weighted by molar-refractivity contribution is 6.05. The van der Waals surface area contributed by atoms with Gasteiger partial charge in [-0.25, -0.2) is 0 Å². The molecule has 0 atom stereocenters. The van der Waals surface area contributed by atoms with Crippen molar-refractivity contribution in [2.24, 2.45) is 5.92 Å². The number of nitrogens with zero attached hydrogens (tertiary/aromatic N) is 1. The molecule has 0 fully saturated rings. The predicted octanol–water partition coefficient (Wildman–Crippen LogP) is 5.05. The van der Waals surface area contributed by atoms with E-state index in [1.54, 1.807) is 36.2 Å². The van der Waals surface area contributed by atoms with Crippen LogP contribution in [-0.2, 0) is 4.79 Å². The molecule has 6 nitrogen and oxygen atoms in total. The maximum Gasteiger partial charge on any atom is 0.258 e. The molecule has 0 aliphatic carbocycles. The molecule has 0 radical (unpaired) electrons. The van der Waals surface area contributed by atoms with Crippen molar-refractivity contribution in [2.45, 2.75) is 13.8 Å². The molecule has 0 aliphatic rings. The molecule has 6 heteroatoms. The van der Waals surface area contributed by atoms with Crippen LogP contribution in [0, 0.1) is 5.92 Å². The molecule has 0 unspecified atom stereocenters. The first-order chi connectivity index (χ1) is 15.4. The van der Waals surface area contributed by atoms with E-state index in [4.69, 9.17) is 4.74 Å². The summed E-state index contributed by atoms with van der Waals surface area (Å²) in [6.45, 7) is 4.90. The van der Waals surface area contributed by atoms with Gasteiger partial charge in [0.15, 0.2) is 0 Å². The minimum Gasteiger partial charge on any atom is -0.493 e. The van der Waals surface area contributed by atoms with E-state index in [1.165, 1.54) is 0 Å². The molecule has 3 aromatic carbocycles. The highest BCUT2D eigenvalue weighted by Gasteiger charge is 2.13. The number of amides is 2. The molecule has 2 N–H and O–H groups in total. The number of hydrogen-bond acceptors (Lipinski definition) is 4. The van der Waals surface area contributed by atoms with Crippen molar-refractivity contribution in [1.29, 1.82) is 0 Å². The van der Waals surface area contributed by atoms with E-state index >= 15 is 0 Å². The molecule has 0 aliphatic heterocycles. The van der Waals surface area contributed by atoms with Crippen molar-refractivity contribution in [3.05, 3.63) is 84.4 Å². The normalized spacial score (nSPS) is 10.5. The van der Waals surface area contributed by atoms with E-state index in [0.29, 0.717) is 23.8 Å². The van der Waals surface area contributed by atoms with Gasteiger partial charge in [-0.15, -0.1) is 0 Å². The monoisotopic (exact) mass is 431 g/mol. The Bertz CT molecular complexity index is 1030. The van der Waals surface area contributed by atoms with E-state index in [9.17, 15) is 9.59 Å². The number of nitrogens with one attached hydrogen (secondary N) is 2. The summed E-state index contributed by atoms with van der Waals surface area (Å²) < 4.78 is 5.70. The number of hydrogen-bond donors (Lipinski definition) is 2. The van der Waals surface area contributed by atoms with Crippen molar-refractivity contribution in [2.75, 3.05) is 35.7 Å². The molecule has 0 heterocycles. The molecule has 2 amide bonds. The fourth-order valence-electron chi connectivity index (χ4n) is 3.01. The van der Waals surface area contributed by atoms with Gasteiger partial charge in [0.05, 0.1) is 13.2 Å². The molecule has 3 aromatic rings. The second-order valence-electron chi connectivity index (χ2n) is 7.91. The lowest BCUT2D eigenvalue weighted by molar-refractivity contribution is -0.114. The van der Waals surface area contributed by atoms with Gasteiger partial charge in [0, 0.05) is 35.7 Å². The first-order valence-electron chi connectivity index (χ1n) is 10.6. The lowest BCUT2D eigenvalue weighted by Gasteiger charge is -2.17. The largest absolute Gasteiger partial charge is 0.493 e. The fourth-order valence-corrected chi connectivity index (χ4v) is 3.01. The fraction of sp³-hybridized carbons (Fsp3) is 0.231. The molecule has 0 saturated carbocycles. The lowest BCUT2D eigenvalue weighted by atomic mass is 10.1. The Balaban J connectivity index is 1.51. The highest BCUT2D eigenvalue weighted by atomic mass is 16.5. The summed E-state index contributed by atoms with van der Waals surface area (Å²) >= 11 is 0. The molecule has 0 spiro atoms. The van der Waals surface area contributed by atoms with Gasteiger partial charge in [-0.2, -0.15) is 0 Å². The van der Waals surface area contributed by atoms with Crippen molar-refractivity contribution >= 4 is 28.9 Å². The van der Waals surface area contributed by atoms with Crippen LogP contribution in [0.25, 0.3) is 0 Å². The summed E-state index contributed by atoms with van der Waals surface area (Å²) in [6.07, 6.45) is 0. The van der Waals surface area contributed by atoms with Gasteiger partial charge in [0.2, 0.25) is 5.91 Å². The van der Waals surface area contributed by atoms with Gasteiger partial charge < -0.3 is 20.3 Å². The number of carbonyl (C=O) groups is 2. The van der Waals surface area contributed by atoms with E-state index in [1.807, 2.05) is 54.6 Å². The number of carbonyl (C=O) groups excluding carboxylic acids is 2. The Labute approximate surface area is 189 Å². The van der Waals surface area contributed by atoms with Crippen LogP contribution in [-0.4, -0.2) is 32.0 Å². The third kappa shape index (κ3) is 6.60. The average molecular weight is 432 g/mol. The average Bonchev–Trinajstić information content (AvgIpc) is 2.81. The zero-order valence-corrected chi connectivity index (χ0v) is 18.7. The van der Waals surface area contributed by atoms with E-state index < -0.39 is 0 Å². The molecule has 0 saturated heterocycles. The predicted molar refractivity (Wildman–Crippen MR) is 130 cm³/mol. The van der Waals surface area contributed by atoms with Crippen molar-refractivity contribution in [3.8, 4) is 5.75 Å². The Morgan fingerprint density at radius 2 is 1.62 bits per heavy atom. The Morgan fingerprint density at radius 3 is 2.31 bits per heavy atom. The standard InChI is InChI=1S/C26H29N3O3/c1-19(2)18-32-24-11-7-8-22(16-24)28-25(30)17-27-21-14-12-20(13-15-21)26(31)29(3)23-9-5-4-6-10-23/h4-16,19,27H,17-18H2,1-3H3,(H,28,30). The Hall–Kier alpha value is -3.80. The van der Waals surface area contributed by atoms with Crippen LogP contribution in [0.5, 0.6) is 5.75 Å². The molecular formula is C26H29N3O3. The second-order valence-corrected chi connectivity index (χ2v) is 7.91. The van der Waals surface area contributed by atoms with Gasteiger partial charge in [-0.05, 0) is 54.4 Å². The summed E-state index contributed by atoms with van der Waals surface area (Å²) in [7, 11) is 1.75. The molecule has 32 heavy (non-hydrogen) atoms. The third-order valence-corrected chi connectivity index (χ3v) is 4.73. The molecule has 166 valence electrons. The van der Waals surface area contributed by atoms with E-state index in [2.05, 4.69) is 24.5 Å². The summed E-state index contributed by atoms with van der Waals surface area (Å²) in [5.41, 5.74) is 2.84. The molecule has 0 aromatic heterocycles. The number of ether oxygens (including phenoxy) is 1. The minimum absolute atomic E-state index is 0.0972. The van der Waals surface area contributed by atoms with Gasteiger partial charge >= 0.3 is 0 Å². The maximum atomic E-state index is 12.7. The van der Waals surface area contributed by atoms with Crippen LogP contribution >= 0.6 is 0 Å². The van der Waals surface area contributed by atoms with E-state index in [0.717, 1.165) is 17.1 Å². The number of rotatable bonds is 9. The van der Waals surface area contributed by atoms with Crippen molar-refractivity contribution < 1.29 is 14.3 Å². The van der Waals surface area contributed by atoms with Gasteiger partial charge in [-0.1, -0.05) is 38.1 Å². The lowest BCUT2D eigenvalue weighted by Crippen LogP contribution is -2.26. The van der Waals surface area contributed by atoms with Crippen LogP contribution in [0.2, 0.25) is 0 Å². The second kappa shape index (κ2) is 11.0. The van der Waals surface area contributed by atoms with Gasteiger partial charge in [0.1, 0.15) is 5.75 Å². The number of para-hydroxylation sites is 1. The Kier molecular flexibility index (Phi) is 7.86. The van der Waals surface area contributed by atoms with Gasteiger partial charge in [0.25, 0.3) is 5.91 Å². The van der Waals surface area contributed by atoms with Crippen LogP contribution in [0.3, 0.4) is 0 Å². The molecule has 3 rings (SSSR count). The summed E-state index contributed by atoms with van der Waals surface area (Å²) in [5, 5.41) is 5.94. The molecule has 0 bridgehead atoms. The minimum atomic E-state index is -0.171. The topological polar surface area (TPSA) is 70.7 Å². The van der Waals surface area contributed by atoms with Crippen LogP contribution < -0.4 is 20.3 Å². The van der Waals surface area contributed by atoms with E-state index in [-0.39, 0.29) is 18.4 Å². The quantitative estimate of drug-likeness (QED) is 0.497. The smallest absolute Gasteiger partial charge is 0.258 e. The Morgan fingerprint density at radius 1 is 0.906 bits per heavy atom. The number of anilines is 3. The first kappa shape index (κ1) is 22.9.